The number of esters is 1. The first-order valence-corrected chi connectivity index (χ1v) is 7.94. The fraction of sp³-hybridized carbons (Fsp3) is 0.500. The molecule has 0 spiro atoms. The number of rotatable bonds is 3. The molecule has 0 saturated heterocycles. The van der Waals surface area contributed by atoms with E-state index < -0.39 is 16.8 Å². The quantitative estimate of drug-likeness (QED) is 0.802. The van der Waals surface area contributed by atoms with Crippen LogP contribution in [0.3, 0.4) is 0 Å². The van der Waals surface area contributed by atoms with Gasteiger partial charge in [-0.3, -0.25) is 4.21 Å². The first-order chi connectivity index (χ1) is 8.52. The van der Waals surface area contributed by atoms with Crippen molar-refractivity contribution in [2.24, 2.45) is 0 Å². The van der Waals surface area contributed by atoms with E-state index >= 15 is 0 Å². The van der Waals surface area contributed by atoms with Crippen LogP contribution in [0.5, 0.6) is 0 Å². The summed E-state index contributed by atoms with van der Waals surface area (Å²) in [6, 6.07) is 1.97. The van der Waals surface area contributed by atoms with Crippen LogP contribution in [0.1, 0.15) is 41.6 Å². The Hall–Kier alpha value is -1.19. The van der Waals surface area contributed by atoms with Crippen molar-refractivity contribution >= 4 is 28.1 Å². The molecule has 6 heteroatoms. The van der Waals surface area contributed by atoms with E-state index in [0.29, 0.717) is 20.2 Å². The maximum absolute atomic E-state index is 11.5. The van der Waals surface area contributed by atoms with Crippen LogP contribution in [0.25, 0.3) is 0 Å². The first-order valence-electron chi connectivity index (χ1n) is 5.56. The van der Waals surface area contributed by atoms with Crippen LogP contribution in [0.15, 0.2) is 4.21 Å². The number of nitriles is 1. The van der Waals surface area contributed by atoms with Crippen LogP contribution in [0.4, 0.5) is 0 Å². The van der Waals surface area contributed by atoms with Crippen molar-refractivity contribution in [2.75, 3.05) is 12.9 Å². The molecule has 0 N–H and O–H groups in total. The monoisotopic (exact) mass is 287 g/mol. The van der Waals surface area contributed by atoms with Crippen LogP contribution in [0.2, 0.25) is 0 Å². The van der Waals surface area contributed by atoms with Crippen molar-refractivity contribution in [1.29, 1.82) is 5.26 Å². The Kier molecular flexibility index (Phi) is 7.48. The fourth-order valence-corrected chi connectivity index (χ4v) is 3.30. The molecule has 0 aromatic carbocycles. The molecule has 4 nitrogen and oxygen atoms in total. The van der Waals surface area contributed by atoms with Crippen LogP contribution in [-0.4, -0.2) is 23.0 Å². The van der Waals surface area contributed by atoms with Gasteiger partial charge < -0.3 is 4.74 Å². The third-order valence-electron chi connectivity index (χ3n) is 1.95. The van der Waals surface area contributed by atoms with Gasteiger partial charge >= 0.3 is 5.97 Å². The van der Waals surface area contributed by atoms with Crippen molar-refractivity contribution in [1.82, 2.24) is 0 Å². The summed E-state index contributed by atoms with van der Waals surface area (Å²) in [5.74, 6) is -0.460. The minimum Gasteiger partial charge on any atom is -0.462 e. The summed E-state index contributed by atoms with van der Waals surface area (Å²) < 4.78 is 16.7. The maximum atomic E-state index is 11.5. The average Bonchev–Trinajstić information content (AvgIpc) is 2.69. The van der Waals surface area contributed by atoms with Gasteiger partial charge in [0.2, 0.25) is 0 Å². The van der Waals surface area contributed by atoms with Gasteiger partial charge in [-0.25, -0.2) is 4.79 Å². The molecule has 0 aliphatic heterocycles. The molecule has 1 aromatic rings. The summed E-state index contributed by atoms with van der Waals surface area (Å²) in [5.41, 5.74) is 0.880. The molecule has 0 saturated carbocycles. The van der Waals surface area contributed by atoms with Crippen LogP contribution >= 0.6 is 11.3 Å². The number of carbonyl (C=O) groups is 1. The molecule has 1 atom stereocenters. The molecule has 0 amide bonds. The molecule has 0 aliphatic rings. The molecule has 0 fully saturated rings. The Balaban J connectivity index is 0.00000137. The van der Waals surface area contributed by atoms with Gasteiger partial charge in [-0.05, 0) is 19.4 Å². The second kappa shape index (κ2) is 8.01. The highest BCUT2D eigenvalue weighted by atomic mass is 32.2. The van der Waals surface area contributed by atoms with E-state index in [0.717, 1.165) is 11.3 Å². The van der Waals surface area contributed by atoms with Gasteiger partial charge in [0.25, 0.3) is 0 Å². The maximum Gasteiger partial charge on any atom is 0.348 e. The Bertz CT molecular complexity index is 486. The second-order valence-corrected chi connectivity index (χ2v) is 5.60. The van der Waals surface area contributed by atoms with Crippen molar-refractivity contribution < 1.29 is 13.7 Å². The van der Waals surface area contributed by atoms with Crippen molar-refractivity contribution in [2.45, 2.75) is 31.9 Å². The summed E-state index contributed by atoms with van der Waals surface area (Å²) in [4.78, 5) is 11.9. The highest BCUT2D eigenvalue weighted by Crippen LogP contribution is 2.30. The fourth-order valence-electron chi connectivity index (χ4n) is 1.21. The Morgan fingerprint density at radius 1 is 1.50 bits per heavy atom. The lowest BCUT2D eigenvalue weighted by Crippen LogP contribution is -2.03. The third-order valence-corrected chi connectivity index (χ3v) is 4.70. The molecule has 1 unspecified atom stereocenters. The zero-order valence-electron chi connectivity index (χ0n) is 11.2. The Morgan fingerprint density at radius 3 is 2.39 bits per heavy atom. The first kappa shape index (κ1) is 16.8. The zero-order valence-corrected chi connectivity index (χ0v) is 12.8. The van der Waals surface area contributed by atoms with Crippen molar-refractivity contribution in [3.05, 3.63) is 16.0 Å². The van der Waals surface area contributed by atoms with E-state index in [-0.39, 0.29) is 6.61 Å². The van der Waals surface area contributed by atoms with Gasteiger partial charge in [0.1, 0.15) is 15.2 Å². The molecule has 0 radical (unpaired) electrons. The summed E-state index contributed by atoms with van der Waals surface area (Å²) in [6.45, 7) is 7.66. The van der Waals surface area contributed by atoms with E-state index in [1.807, 2.05) is 19.9 Å². The number of ether oxygens (including phenoxy) is 1. The predicted molar refractivity (Wildman–Crippen MR) is 73.4 cm³/mol. The predicted octanol–water partition coefficient (Wildman–Crippen LogP) is 2.87. The highest BCUT2D eigenvalue weighted by Gasteiger charge is 2.22. The zero-order chi connectivity index (χ0) is 14.3. The average molecular weight is 287 g/mol. The second-order valence-electron chi connectivity index (χ2n) is 3.01. The standard InChI is InChI=1S/C10H11NO3S2.C2H6/c1-4-14-9(12)8-6(2)7(5-11)10(15-8)16(3)13;1-2/h4H2,1-3H3;1-2H3. The van der Waals surface area contributed by atoms with Gasteiger partial charge in [-0.1, -0.05) is 13.8 Å². The minimum atomic E-state index is -1.26. The Labute approximate surface area is 114 Å². The van der Waals surface area contributed by atoms with E-state index in [1.54, 1.807) is 13.8 Å². The van der Waals surface area contributed by atoms with Gasteiger partial charge in [0.05, 0.1) is 23.0 Å². The molecule has 1 aromatic heterocycles. The van der Waals surface area contributed by atoms with E-state index in [9.17, 15) is 9.00 Å². The van der Waals surface area contributed by atoms with Gasteiger partial charge in [0.15, 0.2) is 0 Å². The number of hydrogen-bond donors (Lipinski definition) is 0. The molecule has 1 rings (SSSR count). The van der Waals surface area contributed by atoms with Crippen molar-refractivity contribution in [3.8, 4) is 6.07 Å². The summed E-state index contributed by atoms with van der Waals surface area (Å²) in [5, 5.41) is 8.94. The van der Waals surface area contributed by atoms with Crippen molar-refractivity contribution in [3.63, 3.8) is 0 Å². The molecular weight excluding hydrogens is 270 g/mol. The molecule has 18 heavy (non-hydrogen) atoms. The van der Waals surface area contributed by atoms with Gasteiger partial charge in [-0.2, -0.15) is 5.26 Å². The lowest BCUT2D eigenvalue weighted by molar-refractivity contribution is 0.0531. The van der Waals surface area contributed by atoms with E-state index in [4.69, 9.17) is 10.00 Å². The van der Waals surface area contributed by atoms with Crippen LogP contribution in [-0.2, 0) is 15.5 Å². The number of carbonyl (C=O) groups excluding carboxylic acids is 1. The molecule has 1 heterocycles. The van der Waals surface area contributed by atoms with Crippen LogP contribution in [0, 0.1) is 18.3 Å². The summed E-state index contributed by atoms with van der Waals surface area (Å²) in [7, 11) is -1.26. The van der Waals surface area contributed by atoms with Gasteiger partial charge in [-0.15, -0.1) is 11.3 Å². The number of nitrogens with zero attached hydrogens (tertiary/aromatic N) is 1. The number of thiophene rings is 1. The van der Waals surface area contributed by atoms with Crippen LogP contribution < -0.4 is 0 Å². The SMILES string of the molecule is CC.CCOC(=O)c1sc(S(C)=O)c(C#N)c1C. The molecule has 100 valence electrons. The minimum absolute atomic E-state index is 0.280. The Morgan fingerprint density at radius 2 is 2.06 bits per heavy atom. The molecular formula is C12H17NO3S2. The topological polar surface area (TPSA) is 67.2 Å². The normalized spacial score (nSPS) is 10.9. The van der Waals surface area contributed by atoms with E-state index in [2.05, 4.69) is 0 Å². The third kappa shape index (κ3) is 3.65. The summed E-state index contributed by atoms with van der Waals surface area (Å²) >= 11 is 1.07. The number of hydrogen-bond acceptors (Lipinski definition) is 5. The molecule has 0 bridgehead atoms. The molecule has 0 aliphatic carbocycles. The highest BCUT2D eigenvalue weighted by molar-refractivity contribution is 7.86. The summed E-state index contributed by atoms with van der Waals surface area (Å²) in [6.07, 6.45) is 1.49. The largest absolute Gasteiger partial charge is 0.462 e. The smallest absolute Gasteiger partial charge is 0.348 e. The lowest BCUT2D eigenvalue weighted by atomic mass is 10.2. The van der Waals surface area contributed by atoms with E-state index in [1.165, 1.54) is 6.26 Å². The van der Waals surface area contributed by atoms with Gasteiger partial charge in [0, 0.05) is 6.26 Å². The lowest BCUT2D eigenvalue weighted by Gasteiger charge is -1.98.